The second kappa shape index (κ2) is 13.1. The van der Waals surface area contributed by atoms with Gasteiger partial charge >= 0.3 is 23.9 Å². The maximum atomic E-state index is 13.1. The molecule has 0 bridgehead atoms. The van der Waals surface area contributed by atoms with Gasteiger partial charge in [-0.15, -0.1) is 0 Å². The van der Waals surface area contributed by atoms with E-state index < -0.39 is 42.4 Å². The summed E-state index contributed by atoms with van der Waals surface area (Å²) in [4.78, 5) is 61.5. The minimum absolute atomic E-state index is 0.0586. The van der Waals surface area contributed by atoms with Crippen LogP contribution in [0, 0.1) is 5.82 Å². The van der Waals surface area contributed by atoms with Gasteiger partial charge in [0.25, 0.3) is 0 Å². The number of carboxylic acids is 3. The Morgan fingerprint density at radius 2 is 1.37 bits per heavy atom. The summed E-state index contributed by atoms with van der Waals surface area (Å²) in [5.41, 5.74) is 0.861. The van der Waals surface area contributed by atoms with E-state index in [1.165, 1.54) is 12.1 Å². The highest BCUT2D eigenvalue weighted by Gasteiger charge is 2.26. The largest absolute Gasteiger partial charge is 0.481 e. The molecule has 3 amide bonds. The molecule has 0 aromatic heterocycles. The molecule has 0 saturated carbocycles. The summed E-state index contributed by atoms with van der Waals surface area (Å²) in [6.07, 6.45) is -0.662. The number of hydrogen-bond donors (Lipinski definition) is 5. The molecule has 1 heterocycles. The standard InChI is InChI=1S/C22H29FN4O8/c23-14-4-6-15(7-5-14)26-10-12-27(13-11-26)18(28)3-1-2-16(20(31)32)24-22(35)25-17(21(33)34)8-9-19(29)30/h4-7,16-17H,1-3,8-13H2,(H,29,30)(H,31,32)(H,33,34)(H2,24,25,35)/t16-,17-/m0/s1. The Bertz CT molecular complexity index is 919. The number of amides is 3. The van der Waals surface area contributed by atoms with Crippen molar-refractivity contribution >= 4 is 35.5 Å². The minimum atomic E-state index is -1.49. The summed E-state index contributed by atoms with van der Waals surface area (Å²) in [6.45, 7) is 2.07. The first-order valence-corrected chi connectivity index (χ1v) is 11.1. The molecule has 5 N–H and O–H groups in total. The lowest BCUT2D eigenvalue weighted by Crippen LogP contribution is -2.51. The number of urea groups is 1. The number of carboxylic acid groups (broad SMARTS) is 3. The predicted molar refractivity (Wildman–Crippen MR) is 120 cm³/mol. The van der Waals surface area contributed by atoms with Crippen molar-refractivity contribution in [3.8, 4) is 0 Å². The SMILES string of the molecule is O=C(O)CC[C@H](NC(=O)N[C@@H](CCCC(=O)N1CCN(c2ccc(F)cc2)CC1)C(=O)O)C(=O)O. The average Bonchev–Trinajstić information content (AvgIpc) is 2.81. The number of carbonyl (C=O) groups excluding carboxylic acids is 2. The highest BCUT2D eigenvalue weighted by atomic mass is 19.1. The number of carbonyl (C=O) groups is 5. The maximum absolute atomic E-state index is 13.1. The van der Waals surface area contributed by atoms with Gasteiger partial charge in [0.15, 0.2) is 0 Å². The maximum Gasteiger partial charge on any atom is 0.326 e. The summed E-state index contributed by atoms with van der Waals surface area (Å²) < 4.78 is 13.1. The lowest BCUT2D eigenvalue weighted by molar-refractivity contribution is -0.140. The van der Waals surface area contributed by atoms with Crippen LogP contribution in [0.25, 0.3) is 0 Å². The van der Waals surface area contributed by atoms with Crippen LogP contribution in [-0.4, -0.2) is 88.3 Å². The number of aliphatic carboxylic acids is 3. The Balaban J connectivity index is 1.76. The van der Waals surface area contributed by atoms with Crippen molar-refractivity contribution < 1.29 is 43.7 Å². The van der Waals surface area contributed by atoms with Gasteiger partial charge in [0, 0.05) is 44.7 Å². The fraction of sp³-hybridized carbons (Fsp3) is 0.500. The molecule has 1 aliphatic rings. The molecule has 0 radical (unpaired) electrons. The Morgan fingerprint density at radius 3 is 1.89 bits per heavy atom. The topological polar surface area (TPSA) is 177 Å². The number of nitrogens with one attached hydrogen (secondary N) is 2. The van der Waals surface area contributed by atoms with Crippen LogP contribution in [-0.2, 0) is 19.2 Å². The van der Waals surface area contributed by atoms with Crippen LogP contribution in [0.4, 0.5) is 14.9 Å². The Kier molecular flexibility index (Phi) is 10.2. The van der Waals surface area contributed by atoms with Crippen molar-refractivity contribution in [2.45, 2.75) is 44.2 Å². The van der Waals surface area contributed by atoms with Gasteiger partial charge in [0.05, 0.1) is 0 Å². The van der Waals surface area contributed by atoms with Crippen molar-refractivity contribution in [1.29, 1.82) is 0 Å². The number of anilines is 1. The molecule has 192 valence electrons. The van der Waals surface area contributed by atoms with E-state index in [2.05, 4.69) is 10.6 Å². The van der Waals surface area contributed by atoms with E-state index in [-0.39, 0.29) is 37.4 Å². The summed E-state index contributed by atoms with van der Waals surface area (Å²) in [5, 5.41) is 31.3. The zero-order chi connectivity index (χ0) is 26.0. The monoisotopic (exact) mass is 496 g/mol. The molecule has 1 fully saturated rings. The van der Waals surface area contributed by atoms with Crippen LogP contribution in [0.2, 0.25) is 0 Å². The predicted octanol–water partition coefficient (Wildman–Crippen LogP) is 0.715. The van der Waals surface area contributed by atoms with Crippen LogP contribution >= 0.6 is 0 Å². The third kappa shape index (κ3) is 9.10. The highest BCUT2D eigenvalue weighted by Crippen LogP contribution is 2.17. The number of hydrogen-bond acceptors (Lipinski definition) is 6. The van der Waals surface area contributed by atoms with Crippen molar-refractivity contribution in [2.75, 3.05) is 31.1 Å². The second-order valence-electron chi connectivity index (χ2n) is 8.07. The second-order valence-corrected chi connectivity index (χ2v) is 8.07. The van der Waals surface area contributed by atoms with E-state index >= 15 is 0 Å². The van der Waals surface area contributed by atoms with Gasteiger partial charge < -0.3 is 35.8 Å². The number of piperazine rings is 1. The first-order valence-electron chi connectivity index (χ1n) is 11.1. The van der Waals surface area contributed by atoms with Crippen LogP contribution < -0.4 is 15.5 Å². The van der Waals surface area contributed by atoms with E-state index in [1.54, 1.807) is 17.0 Å². The quantitative estimate of drug-likeness (QED) is 0.279. The average molecular weight is 496 g/mol. The van der Waals surface area contributed by atoms with Crippen molar-refractivity contribution in [3.63, 3.8) is 0 Å². The Labute approximate surface area is 200 Å². The van der Waals surface area contributed by atoms with Gasteiger partial charge in [-0.1, -0.05) is 0 Å². The molecular formula is C22H29FN4O8. The van der Waals surface area contributed by atoms with E-state index in [0.717, 1.165) is 5.69 Å². The molecule has 1 aromatic carbocycles. The molecule has 35 heavy (non-hydrogen) atoms. The highest BCUT2D eigenvalue weighted by molar-refractivity contribution is 5.86. The fourth-order valence-electron chi connectivity index (χ4n) is 3.62. The van der Waals surface area contributed by atoms with Crippen molar-refractivity contribution in [2.24, 2.45) is 0 Å². The third-order valence-corrected chi connectivity index (χ3v) is 5.56. The van der Waals surface area contributed by atoms with Gasteiger partial charge in [0.2, 0.25) is 5.91 Å². The number of rotatable bonds is 12. The summed E-state index contributed by atoms with van der Waals surface area (Å²) >= 11 is 0. The van der Waals surface area contributed by atoms with Crippen LogP contribution in [0.3, 0.4) is 0 Å². The number of halogens is 1. The van der Waals surface area contributed by atoms with Crippen LogP contribution in [0.1, 0.15) is 32.1 Å². The first kappa shape index (κ1) is 27.3. The normalized spacial score (nSPS) is 15.1. The molecule has 2 atom stereocenters. The van der Waals surface area contributed by atoms with Gasteiger partial charge in [-0.25, -0.2) is 18.8 Å². The fourth-order valence-corrected chi connectivity index (χ4v) is 3.62. The van der Waals surface area contributed by atoms with Crippen LogP contribution in [0.15, 0.2) is 24.3 Å². The van der Waals surface area contributed by atoms with E-state index in [9.17, 15) is 33.5 Å². The lowest BCUT2D eigenvalue weighted by atomic mass is 10.1. The van der Waals surface area contributed by atoms with Gasteiger partial charge in [-0.05, 0) is 43.5 Å². The summed E-state index contributed by atoms with van der Waals surface area (Å²) in [5.74, 6) is -4.51. The minimum Gasteiger partial charge on any atom is -0.481 e. The molecule has 1 aromatic rings. The van der Waals surface area contributed by atoms with E-state index in [1.807, 2.05) is 4.90 Å². The summed E-state index contributed by atoms with van der Waals surface area (Å²) in [7, 11) is 0. The molecule has 1 aliphatic heterocycles. The van der Waals surface area contributed by atoms with Crippen molar-refractivity contribution in [1.82, 2.24) is 15.5 Å². The first-order chi connectivity index (χ1) is 16.6. The zero-order valence-electron chi connectivity index (χ0n) is 19.0. The molecule has 13 heteroatoms. The lowest BCUT2D eigenvalue weighted by Gasteiger charge is -2.36. The molecule has 2 rings (SSSR count). The molecule has 0 spiro atoms. The number of benzene rings is 1. The Morgan fingerprint density at radius 1 is 0.829 bits per heavy atom. The third-order valence-electron chi connectivity index (χ3n) is 5.56. The van der Waals surface area contributed by atoms with Crippen molar-refractivity contribution in [3.05, 3.63) is 30.1 Å². The smallest absolute Gasteiger partial charge is 0.326 e. The molecule has 0 aliphatic carbocycles. The van der Waals surface area contributed by atoms with Gasteiger partial charge in [0.1, 0.15) is 17.9 Å². The molecule has 1 saturated heterocycles. The summed E-state index contributed by atoms with van der Waals surface area (Å²) in [6, 6.07) is 2.19. The van der Waals surface area contributed by atoms with E-state index in [4.69, 9.17) is 10.2 Å². The van der Waals surface area contributed by atoms with Gasteiger partial charge in [-0.2, -0.15) is 0 Å². The van der Waals surface area contributed by atoms with Gasteiger partial charge in [-0.3, -0.25) is 9.59 Å². The molecular weight excluding hydrogens is 467 g/mol. The number of nitrogens with zero attached hydrogens (tertiary/aromatic N) is 2. The van der Waals surface area contributed by atoms with Crippen LogP contribution in [0.5, 0.6) is 0 Å². The molecule has 0 unspecified atom stereocenters. The molecule has 12 nitrogen and oxygen atoms in total. The zero-order valence-corrected chi connectivity index (χ0v) is 19.0. The Hall–Kier alpha value is -3.90. The van der Waals surface area contributed by atoms with E-state index in [0.29, 0.717) is 26.2 Å².